The Kier molecular flexibility index (Phi) is 7.36. The van der Waals surface area contributed by atoms with Gasteiger partial charge in [0.15, 0.2) is 0 Å². The number of carbonyl (C=O) groups is 4. The molecule has 4 N–H and O–H groups in total. The summed E-state index contributed by atoms with van der Waals surface area (Å²) in [6.45, 7) is 2.50. The summed E-state index contributed by atoms with van der Waals surface area (Å²) in [5, 5.41) is 5.43. The summed E-state index contributed by atoms with van der Waals surface area (Å²) in [5.41, 5.74) is 7.59. The molecule has 3 aliphatic heterocycles. The highest BCUT2D eigenvalue weighted by Crippen LogP contribution is 2.32. The lowest BCUT2D eigenvalue weighted by Crippen LogP contribution is -2.54. The second-order valence-corrected chi connectivity index (χ2v) is 10.3. The third kappa shape index (κ3) is 5.16. The predicted octanol–water partition coefficient (Wildman–Crippen LogP) is 1.82. The van der Waals surface area contributed by atoms with E-state index in [0.717, 1.165) is 42.4 Å². The second-order valence-electron chi connectivity index (χ2n) is 10.3. The maximum absolute atomic E-state index is 13.3. The van der Waals surface area contributed by atoms with Crippen LogP contribution in [0.1, 0.15) is 72.1 Å². The lowest BCUT2D eigenvalue weighted by molar-refractivity contribution is -0.136. The van der Waals surface area contributed by atoms with E-state index in [0.29, 0.717) is 12.2 Å². The van der Waals surface area contributed by atoms with Crippen molar-refractivity contribution >= 4 is 35.5 Å². The van der Waals surface area contributed by atoms with Gasteiger partial charge in [-0.15, -0.1) is 0 Å². The molecular formula is C27H34N6O4. The summed E-state index contributed by atoms with van der Waals surface area (Å²) in [6, 6.07) is 5.02. The number of amides is 4. The molecule has 1 atom stereocenters. The van der Waals surface area contributed by atoms with Gasteiger partial charge in [0.25, 0.3) is 11.8 Å². The molecule has 37 heavy (non-hydrogen) atoms. The van der Waals surface area contributed by atoms with Crippen molar-refractivity contribution in [2.75, 3.05) is 25.0 Å². The van der Waals surface area contributed by atoms with Crippen LogP contribution < -0.4 is 16.4 Å². The van der Waals surface area contributed by atoms with Gasteiger partial charge >= 0.3 is 0 Å². The van der Waals surface area contributed by atoms with Crippen molar-refractivity contribution in [1.82, 2.24) is 15.1 Å². The van der Waals surface area contributed by atoms with Gasteiger partial charge in [-0.1, -0.05) is 18.9 Å². The first-order valence-electron chi connectivity index (χ1n) is 13.2. The van der Waals surface area contributed by atoms with Crippen LogP contribution in [-0.2, 0) is 9.59 Å². The van der Waals surface area contributed by atoms with Crippen molar-refractivity contribution in [1.29, 1.82) is 0 Å². The van der Waals surface area contributed by atoms with E-state index in [4.69, 9.17) is 10.7 Å². The minimum Gasteiger partial charge on any atom is -0.404 e. The summed E-state index contributed by atoms with van der Waals surface area (Å²) >= 11 is 0. The quantitative estimate of drug-likeness (QED) is 0.379. The zero-order valence-corrected chi connectivity index (χ0v) is 20.9. The van der Waals surface area contributed by atoms with E-state index >= 15 is 0 Å². The third-order valence-electron chi connectivity index (χ3n) is 7.96. The smallest absolute Gasteiger partial charge is 0.264 e. The van der Waals surface area contributed by atoms with Gasteiger partial charge < -0.3 is 16.0 Å². The Balaban J connectivity index is 1.20. The van der Waals surface area contributed by atoms with E-state index in [1.54, 1.807) is 24.4 Å². The average molecular weight is 507 g/mol. The maximum Gasteiger partial charge on any atom is 0.264 e. The van der Waals surface area contributed by atoms with Gasteiger partial charge in [-0.05, 0) is 44.2 Å². The molecule has 10 heteroatoms. The molecule has 0 radical (unpaired) electrons. The molecule has 10 nitrogen and oxygen atoms in total. The van der Waals surface area contributed by atoms with E-state index in [-0.39, 0.29) is 30.0 Å². The van der Waals surface area contributed by atoms with Crippen LogP contribution in [0.3, 0.4) is 0 Å². The molecule has 0 bridgehead atoms. The molecule has 3 fully saturated rings. The number of imide groups is 2. The topological polar surface area (TPSA) is 137 Å². The highest BCUT2D eigenvalue weighted by atomic mass is 16.2. The lowest BCUT2D eigenvalue weighted by Gasteiger charge is -2.34. The number of rotatable bonds is 7. The van der Waals surface area contributed by atoms with Gasteiger partial charge in [0, 0.05) is 55.8 Å². The Morgan fingerprint density at radius 3 is 2.51 bits per heavy atom. The summed E-state index contributed by atoms with van der Waals surface area (Å²) in [6.07, 6.45) is 10.9. The molecule has 3 heterocycles. The second kappa shape index (κ2) is 10.8. The number of likely N-dealkylation sites (tertiary alicyclic amines) is 1. The van der Waals surface area contributed by atoms with Gasteiger partial charge in [0.05, 0.1) is 17.2 Å². The van der Waals surface area contributed by atoms with Crippen molar-refractivity contribution in [2.24, 2.45) is 10.7 Å². The molecule has 196 valence electrons. The highest BCUT2D eigenvalue weighted by molar-refractivity contribution is 6.25. The number of hydrogen-bond acceptors (Lipinski definition) is 8. The number of anilines is 1. The van der Waals surface area contributed by atoms with Crippen molar-refractivity contribution in [3.63, 3.8) is 0 Å². The van der Waals surface area contributed by atoms with Gasteiger partial charge in [-0.2, -0.15) is 0 Å². The predicted molar refractivity (Wildman–Crippen MR) is 139 cm³/mol. The molecule has 4 aliphatic rings. The van der Waals surface area contributed by atoms with E-state index in [1.807, 2.05) is 0 Å². The third-order valence-corrected chi connectivity index (χ3v) is 7.96. The Hall–Kier alpha value is -3.53. The Bertz CT molecular complexity index is 1150. The van der Waals surface area contributed by atoms with Crippen LogP contribution in [0, 0.1) is 0 Å². The number of nitrogens with zero attached hydrogens (tertiary/aromatic N) is 3. The lowest BCUT2D eigenvalue weighted by atomic mass is 10.0. The fraction of sp³-hybridized carbons (Fsp3) is 0.519. The average Bonchev–Trinajstić information content (AvgIpc) is 3.53. The Morgan fingerprint density at radius 1 is 1.05 bits per heavy atom. The fourth-order valence-electron chi connectivity index (χ4n) is 5.88. The zero-order valence-electron chi connectivity index (χ0n) is 20.9. The van der Waals surface area contributed by atoms with Crippen LogP contribution in [-0.4, -0.2) is 77.4 Å². The summed E-state index contributed by atoms with van der Waals surface area (Å²) < 4.78 is 0. The normalized spacial score (nSPS) is 24.3. The summed E-state index contributed by atoms with van der Waals surface area (Å²) in [5.74, 6) is -2.10. The molecule has 1 aliphatic carbocycles. The zero-order chi connectivity index (χ0) is 25.9. The monoisotopic (exact) mass is 506 g/mol. The Labute approximate surface area is 216 Å². The van der Waals surface area contributed by atoms with E-state index in [1.165, 1.54) is 31.9 Å². The largest absolute Gasteiger partial charge is 0.404 e. The van der Waals surface area contributed by atoms with Crippen molar-refractivity contribution < 1.29 is 19.2 Å². The van der Waals surface area contributed by atoms with Crippen molar-refractivity contribution in [3.05, 3.63) is 41.1 Å². The summed E-state index contributed by atoms with van der Waals surface area (Å²) in [7, 11) is 0. The number of benzene rings is 1. The van der Waals surface area contributed by atoms with Crippen molar-refractivity contribution in [3.8, 4) is 0 Å². The first-order valence-corrected chi connectivity index (χ1v) is 13.2. The first-order chi connectivity index (χ1) is 18.0. The SMILES string of the molecule is NC=C(C=NC1CCN(C2CCCC2)CC1)CNc1cccc2c1C(=O)N(C1CCC(=O)NC1=O)C2=O. The van der Waals surface area contributed by atoms with Crippen LogP contribution in [0.4, 0.5) is 5.69 Å². The minimum absolute atomic E-state index is 0.0819. The standard InChI is InChI=1S/C27H34N6O4/c28-14-17(15-29-18-10-12-32(13-11-18)19-4-1-2-5-19)16-30-21-7-3-6-20-24(21)27(37)33(26(20)36)22-8-9-23(34)31-25(22)35/h3,6-7,14-15,18-19,22,30H,1-2,4-5,8-13,16,28H2,(H,31,34,35). The number of nitrogens with two attached hydrogens (primary N) is 1. The Morgan fingerprint density at radius 2 is 1.81 bits per heavy atom. The molecule has 5 rings (SSSR count). The molecule has 1 aromatic carbocycles. The van der Waals surface area contributed by atoms with Gasteiger partial charge in [-0.3, -0.25) is 34.4 Å². The minimum atomic E-state index is -0.996. The molecular weight excluding hydrogens is 472 g/mol. The van der Waals surface area contributed by atoms with Gasteiger partial charge in [0.1, 0.15) is 6.04 Å². The van der Waals surface area contributed by atoms with Crippen molar-refractivity contribution in [2.45, 2.75) is 69.5 Å². The van der Waals surface area contributed by atoms with Crippen LogP contribution in [0.5, 0.6) is 0 Å². The molecule has 0 aromatic heterocycles. The van der Waals surface area contributed by atoms with Gasteiger partial charge in [-0.25, -0.2) is 0 Å². The van der Waals surface area contributed by atoms with Gasteiger partial charge in [0.2, 0.25) is 11.8 Å². The number of carbonyl (C=O) groups excluding carboxylic acids is 4. The highest BCUT2D eigenvalue weighted by Gasteiger charge is 2.45. The maximum atomic E-state index is 13.3. The van der Waals surface area contributed by atoms with E-state index in [9.17, 15) is 19.2 Å². The summed E-state index contributed by atoms with van der Waals surface area (Å²) in [4.78, 5) is 58.5. The van der Waals surface area contributed by atoms with Crippen LogP contribution >= 0.6 is 0 Å². The molecule has 2 saturated heterocycles. The molecule has 1 unspecified atom stereocenters. The number of fused-ring (bicyclic) bond motifs is 1. The molecule has 0 spiro atoms. The first kappa shape index (κ1) is 25.1. The molecule has 1 saturated carbocycles. The number of nitrogens with one attached hydrogen (secondary N) is 2. The van der Waals surface area contributed by atoms with Crippen LogP contribution in [0.15, 0.2) is 35.0 Å². The van der Waals surface area contributed by atoms with Crippen LogP contribution in [0.2, 0.25) is 0 Å². The van der Waals surface area contributed by atoms with E-state index in [2.05, 4.69) is 15.5 Å². The number of hydrogen-bond donors (Lipinski definition) is 3. The van der Waals surface area contributed by atoms with E-state index < -0.39 is 29.7 Å². The number of piperidine rings is 2. The fourth-order valence-corrected chi connectivity index (χ4v) is 5.88. The molecule has 4 amide bonds. The molecule has 1 aromatic rings. The van der Waals surface area contributed by atoms with Crippen LogP contribution in [0.25, 0.3) is 0 Å². The number of aliphatic imine (C=N–C) groups is 1.